The summed E-state index contributed by atoms with van der Waals surface area (Å²) < 4.78 is 0. The Morgan fingerprint density at radius 3 is 2.43 bits per heavy atom. The summed E-state index contributed by atoms with van der Waals surface area (Å²) in [6.07, 6.45) is 2.04. The molecule has 1 heterocycles. The first kappa shape index (κ1) is 11.7. The third-order valence-electron chi connectivity index (χ3n) is 2.94. The number of rotatable bonds is 2. The first-order chi connectivity index (χ1) is 6.36. The van der Waals surface area contributed by atoms with Gasteiger partial charge in [-0.1, -0.05) is 27.7 Å². The summed E-state index contributed by atoms with van der Waals surface area (Å²) in [5, 5.41) is 2.08. The largest absolute Gasteiger partial charge is 0.297 e. The van der Waals surface area contributed by atoms with Crippen LogP contribution >= 0.6 is 0 Å². The topological polar surface area (TPSA) is 32.3 Å². The van der Waals surface area contributed by atoms with Crippen molar-refractivity contribution in [1.82, 2.24) is 10.4 Å². The van der Waals surface area contributed by atoms with Crippen molar-refractivity contribution in [3.05, 3.63) is 0 Å². The van der Waals surface area contributed by atoms with Crippen LogP contribution in [0.15, 0.2) is 0 Å². The normalized spacial score (nSPS) is 29.5. The third-order valence-corrected chi connectivity index (χ3v) is 2.94. The highest BCUT2D eigenvalue weighted by atomic mass is 16.1. The van der Waals surface area contributed by atoms with Crippen LogP contribution < -0.4 is 5.43 Å². The number of hydrazine groups is 1. The van der Waals surface area contributed by atoms with Crippen LogP contribution in [0.25, 0.3) is 0 Å². The van der Waals surface area contributed by atoms with Gasteiger partial charge in [-0.2, -0.15) is 0 Å². The Kier molecular flexibility index (Phi) is 3.32. The molecule has 0 aromatic rings. The zero-order valence-corrected chi connectivity index (χ0v) is 9.92. The first-order valence-corrected chi connectivity index (χ1v) is 5.39. The number of ketones is 1. The van der Waals surface area contributed by atoms with Crippen LogP contribution in [0.2, 0.25) is 0 Å². The van der Waals surface area contributed by atoms with Crippen LogP contribution in [0.1, 0.15) is 40.5 Å². The molecule has 0 bridgehead atoms. The van der Waals surface area contributed by atoms with E-state index in [1.165, 1.54) is 0 Å². The van der Waals surface area contributed by atoms with Crippen molar-refractivity contribution in [2.24, 2.45) is 5.41 Å². The Hall–Kier alpha value is -0.410. The zero-order valence-electron chi connectivity index (χ0n) is 9.92. The summed E-state index contributed by atoms with van der Waals surface area (Å²) >= 11 is 0. The van der Waals surface area contributed by atoms with Gasteiger partial charge in [-0.15, -0.1) is 0 Å². The first-order valence-electron chi connectivity index (χ1n) is 5.39. The molecule has 2 atom stereocenters. The Morgan fingerprint density at radius 1 is 1.50 bits per heavy atom. The van der Waals surface area contributed by atoms with E-state index in [-0.39, 0.29) is 11.5 Å². The van der Waals surface area contributed by atoms with Crippen LogP contribution in [0, 0.1) is 5.41 Å². The molecule has 1 aliphatic heterocycles. The van der Waals surface area contributed by atoms with E-state index in [0.717, 1.165) is 12.8 Å². The molecular formula is C11H22N2O. The summed E-state index contributed by atoms with van der Waals surface area (Å²) in [7, 11) is 2.02. The lowest BCUT2D eigenvalue weighted by Gasteiger charge is -2.21. The number of carbonyl (C=O) groups excluding carboxylic acids is 1. The molecule has 1 saturated heterocycles. The summed E-state index contributed by atoms with van der Waals surface area (Å²) in [6.45, 7) is 8.11. The molecule has 0 aliphatic carbocycles. The minimum atomic E-state index is -0.235. The lowest BCUT2D eigenvalue weighted by Crippen LogP contribution is -2.43. The fourth-order valence-corrected chi connectivity index (χ4v) is 1.96. The molecule has 0 amide bonds. The second-order valence-corrected chi connectivity index (χ2v) is 5.20. The number of nitrogens with one attached hydrogen (secondary N) is 1. The van der Waals surface area contributed by atoms with Crippen LogP contribution in [0.3, 0.4) is 0 Å². The van der Waals surface area contributed by atoms with E-state index in [9.17, 15) is 4.79 Å². The molecule has 0 radical (unpaired) electrons. The molecule has 14 heavy (non-hydrogen) atoms. The standard InChI is InChI=1S/C11H22N2O/c1-6-8-7-9(12-13(8)5)10(14)11(2,3)4/h8-9,12H,6-7H2,1-5H3. The van der Waals surface area contributed by atoms with E-state index < -0.39 is 0 Å². The molecule has 2 unspecified atom stereocenters. The summed E-state index contributed by atoms with van der Waals surface area (Å²) in [5.41, 5.74) is 3.01. The smallest absolute Gasteiger partial charge is 0.156 e. The van der Waals surface area contributed by atoms with Crippen LogP contribution in [-0.4, -0.2) is 29.9 Å². The number of hydrogen-bond acceptors (Lipinski definition) is 3. The Labute approximate surface area is 86.8 Å². The van der Waals surface area contributed by atoms with Gasteiger partial charge in [-0.3, -0.25) is 4.79 Å². The van der Waals surface area contributed by atoms with E-state index in [1.807, 2.05) is 27.8 Å². The number of hydrogen-bond donors (Lipinski definition) is 1. The van der Waals surface area contributed by atoms with Crippen molar-refractivity contribution in [2.45, 2.75) is 52.6 Å². The van der Waals surface area contributed by atoms with E-state index in [2.05, 4.69) is 17.4 Å². The van der Waals surface area contributed by atoms with Crippen LogP contribution in [0.4, 0.5) is 0 Å². The van der Waals surface area contributed by atoms with Gasteiger partial charge in [-0.05, 0) is 12.8 Å². The average Bonchev–Trinajstić information content (AvgIpc) is 2.43. The molecule has 1 aliphatic rings. The van der Waals surface area contributed by atoms with E-state index in [0.29, 0.717) is 11.8 Å². The van der Waals surface area contributed by atoms with Gasteiger partial charge in [0.1, 0.15) is 0 Å². The summed E-state index contributed by atoms with van der Waals surface area (Å²) in [5.74, 6) is 0.320. The highest BCUT2D eigenvalue weighted by Gasteiger charge is 2.37. The van der Waals surface area contributed by atoms with Gasteiger partial charge < -0.3 is 0 Å². The van der Waals surface area contributed by atoms with Crippen molar-refractivity contribution in [1.29, 1.82) is 0 Å². The van der Waals surface area contributed by atoms with E-state index in [4.69, 9.17) is 0 Å². The third kappa shape index (κ3) is 2.34. The maximum atomic E-state index is 12.0. The predicted octanol–water partition coefficient (Wildman–Crippen LogP) is 1.59. The molecule has 0 aromatic heterocycles. The zero-order chi connectivity index (χ0) is 10.9. The van der Waals surface area contributed by atoms with Crippen molar-refractivity contribution in [3.63, 3.8) is 0 Å². The van der Waals surface area contributed by atoms with Gasteiger partial charge in [0.25, 0.3) is 0 Å². The maximum absolute atomic E-state index is 12.0. The average molecular weight is 198 g/mol. The van der Waals surface area contributed by atoms with Crippen molar-refractivity contribution in [3.8, 4) is 0 Å². The molecule has 0 spiro atoms. The lowest BCUT2D eigenvalue weighted by atomic mass is 9.85. The lowest BCUT2D eigenvalue weighted by molar-refractivity contribution is -0.128. The minimum Gasteiger partial charge on any atom is -0.297 e. The van der Waals surface area contributed by atoms with Gasteiger partial charge in [0.05, 0.1) is 6.04 Å². The molecule has 3 nitrogen and oxygen atoms in total. The fourth-order valence-electron chi connectivity index (χ4n) is 1.96. The Bertz CT molecular complexity index is 220. The SMILES string of the molecule is CCC1CC(C(=O)C(C)(C)C)NN1C. The van der Waals surface area contributed by atoms with Gasteiger partial charge in [0.15, 0.2) is 5.78 Å². The molecular weight excluding hydrogens is 176 g/mol. The molecule has 82 valence electrons. The molecule has 3 heteroatoms. The highest BCUT2D eigenvalue weighted by molar-refractivity contribution is 5.88. The molecule has 0 saturated carbocycles. The Morgan fingerprint density at radius 2 is 2.07 bits per heavy atom. The predicted molar refractivity (Wildman–Crippen MR) is 57.8 cm³/mol. The molecule has 1 fully saturated rings. The van der Waals surface area contributed by atoms with Gasteiger partial charge in [0, 0.05) is 18.5 Å². The molecule has 0 aromatic carbocycles. The minimum absolute atomic E-state index is 0.0185. The maximum Gasteiger partial charge on any atom is 0.156 e. The van der Waals surface area contributed by atoms with Crippen LogP contribution in [0.5, 0.6) is 0 Å². The number of nitrogens with zero attached hydrogens (tertiary/aromatic N) is 1. The van der Waals surface area contributed by atoms with Crippen molar-refractivity contribution in [2.75, 3.05) is 7.05 Å². The van der Waals surface area contributed by atoms with Gasteiger partial charge in [0.2, 0.25) is 0 Å². The second kappa shape index (κ2) is 3.99. The number of carbonyl (C=O) groups is 1. The number of Topliss-reactive ketones (excluding diaryl/α,β-unsaturated/α-hetero) is 1. The monoisotopic (exact) mass is 198 g/mol. The fraction of sp³-hybridized carbons (Fsp3) is 0.909. The van der Waals surface area contributed by atoms with Gasteiger partial charge in [-0.25, -0.2) is 10.4 Å². The van der Waals surface area contributed by atoms with Crippen molar-refractivity contribution < 1.29 is 4.79 Å². The van der Waals surface area contributed by atoms with Gasteiger partial charge >= 0.3 is 0 Å². The van der Waals surface area contributed by atoms with E-state index >= 15 is 0 Å². The summed E-state index contributed by atoms with van der Waals surface area (Å²) in [6, 6.07) is 0.524. The van der Waals surface area contributed by atoms with Crippen LogP contribution in [-0.2, 0) is 4.79 Å². The van der Waals surface area contributed by atoms with E-state index in [1.54, 1.807) is 0 Å². The van der Waals surface area contributed by atoms with Crippen molar-refractivity contribution >= 4 is 5.78 Å². The highest BCUT2D eigenvalue weighted by Crippen LogP contribution is 2.24. The quantitative estimate of drug-likeness (QED) is 0.731. The Balaban J connectivity index is 2.62. The summed E-state index contributed by atoms with van der Waals surface area (Å²) in [4.78, 5) is 12.0. The second-order valence-electron chi connectivity index (χ2n) is 5.20. The molecule has 1 rings (SSSR count). The molecule has 1 N–H and O–H groups in total.